The molecule has 0 saturated carbocycles. The van der Waals surface area contributed by atoms with Gasteiger partial charge < -0.3 is 10.6 Å². The second-order valence-electron chi connectivity index (χ2n) is 4.45. The molecule has 2 heterocycles. The normalized spacial score (nSPS) is 17.1. The number of para-hydroxylation sites is 1. The summed E-state index contributed by atoms with van der Waals surface area (Å²) in [4.78, 5) is 12.1. The van der Waals surface area contributed by atoms with E-state index in [1.807, 2.05) is 31.3 Å². The van der Waals surface area contributed by atoms with Crippen LogP contribution in [0.5, 0.6) is 0 Å². The number of amides is 1. The number of aryl methyl sites for hydroxylation is 1. The van der Waals surface area contributed by atoms with E-state index in [1.165, 1.54) is 5.56 Å². The molecule has 1 aromatic carbocycles. The van der Waals surface area contributed by atoms with E-state index in [1.54, 1.807) is 17.1 Å². The van der Waals surface area contributed by atoms with Crippen LogP contribution in [0.3, 0.4) is 0 Å². The maximum atomic E-state index is 12.1. The minimum atomic E-state index is -0.206. The Kier molecular flexibility index (Phi) is 2.51. The van der Waals surface area contributed by atoms with Gasteiger partial charge >= 0.3 is 0 Å². The average Bonchev–Trinajstić information content (AvgIpc) is 2.95. The number of hydrogen-bond donors (Lipinski definition) is 2. The molecule has 5 heteroatoms. The molecule has 0 radical (unpaired) electrons. The second-order valence-corrected chi connectivity index (χ2v) is 4.45. The first-order valence-electron chi connectivity index (χ1n) is 5.86. The molecular formula is C13H14N4O. The van der Waals surface area contributed by atoms with Gasteiger partial charge in [-0.25, -0.2) is 0 Å². The van der Waals surface area contributed by atoms with Crippen molar-refractivity contribution in [2.75, 3.05) is 10.6 Å². The van der Waals surface area contributed by atoms with E-state index in [4.69, 9.17) is 0 Å². The van der Waals surface area contributed by atoms with Gasteiger partial charge in [0.25, 0.3) is 0 Å². The Morgan fingerprint density at radius 1 is 1.50 bits per heavy atom. The highest BCUT2D eigenvalue weighted by Crippen LogP contribution is 2.25. The van der Waals surface area contributed by atoms with E-state index in [-0.39, 0.29) is 11.9 Å². The molecule has 2 N–H and O–H groups in total. The fraction of sp³-hybridized carbons (Fsp3) is 0.231. The predicted octanol–water partition coefficient (Wildman–Crippen LogP) is 1.40. The number of hydrogen-bond acceptors (Lipinski definition) is 3. The van der Waals surface area contributed by atoms with Gasteiger partial charge in [-0.2, -0.15) is 5.10 Å². The van der Waals surface area contributed by atoms with Crippen molar-refractivity contribution in [1.29, 1.82) is 0 Å². The van der Waals surface area contributed by atoms with Gasteiger partial charge in [0.1, 0.15) is 6.04 Å². The van der Waals surface area contributed by atoms with Crippen molar-refractivity contribution >= 4 is 17.3 Å². The summed E-state index contributed by atoms with van der Waals surface area (Å²) < 4.78 is 1.66. The Balaban J connectivity index is 1.69. The van der Waals surface area contributed by atoms with E-state index in [2.05, 4.69) is 15.7 Å². The molecule has 92 valence electrons. The first kappa shape index (κ1) is 10.8. The van der Waals surface area contributed by atoms with Crippen LogP contribution in [-0.4, -0.2) is 21.7 Å². The van der Waals surface area contributed by atoms with E-state index in [9.17, 15) is 4.79 Å². The Morgan fingerprint density at radius 3 is 3.06 bits per heavy atom. The van der Waals surface area contributed by atoms with Crippen molar-refractivity contribution in [3.8, 4) is 0 Å². The number of anilines is 2. The summed E-state index contributed by atoms with van der Waals surface area (Å²) in [5, 5.41) is 10.1. The average molecular weight is 242 g/mol. The zero-order valence-electron chi connectivity index (χ0n) is 10.1. The third kappa shape index (κ3) is 1.95. The van der Waals surface area contributed by atoms with E-state index in [0.29, 0.717) is 0 Å². The molecule has 1 amide bonds. The molecule has 0 fully saturated rings. The lowest BCUT2D eigenvalue weighted by atomic mass is 10.1. The van der Waals surface area contributed by atoms with Crippen LogP contribution in [0.4, 0.5) is 11.4 Å². The zero-order valence-corrected chi connectivity index (χ0v) is 10.1. The number of rotatable bonds is 2. The van der Waals surface area contributed by atoms with Crippen molar-refractivity contribution in [2.45, 2.75) is 12.5 Å². The summed E-state index contributed by atoms with van der Waals surface area (Å²) in [5.74, 6) is -0.0285. The van der Waals surface area contributed by atoms with Gasteiger partial charge in [-0.3, -0.25) is 9.48 Å². The summed E-state index contributed by atoms with van der Waals surface area (Å²) in [6, 6.07) is 7.78. The number of fused-ring (bicyclic) bond motifs is 1. The van der Waals surface area contributed by atoms with Crippen molar-refractivity contribution in [2.24, 2.45) is 7.05 Å². The number of nitrogens with one attached hydrogen (secondary N) is 2. The maximum Gasteiger partial charge on any atom is 0.247 e. The van der Waals surface area contributed by atoms with Gasteiger partial charge in [0.2, 0.25) is 5.91 Å². The van der Waals surface area contributed by atoms with Gasteiger partial charge in [0, 0.05) is 25.4 Å². The van der Waals surface area contributed by atoms with E-state index in [0.717, 1.165) is 17.8 Å². The van der Waals surface area contributed by atoms with Crippen molar-refractivity contribution in [3.05, 3.63) is 42.2 Å². The monoisotopic (exact) mass is 242 g/mol. The lowest BCUT2D eigenvalue weighted by Gasteiger charge is -2.10. The van der Waals surface area contributed by atoms with Gasteiger partial charge in [-0.15, -0.1) is 0 Å². The highest BCUT2D eigenvalue weighted by atomic mass is 16.2. The molecule has 2 aromatic rings. The predicted molar refractivity (Wildman–Crippen MR) is 69.4 cm³/mol. The molecule has 0 unspecified atom stereocenters. The van der Waals surface area contributed by atoms with Crippen LogP contribution < -0.4 is 10.6 Å². The van der Waals surface area contributed by atoms with Crippen LogP contribution in [0.1, 0.15) is 5.56 Å². The lowest BCUT2D eigenvalue weighted by molar-refractivity contribution is -0.116. The minimum Gasteiger partial charge on any atom is -0.373 e. The summed E-state index contributed by atoms with van der Waals surface area (Å²) in [6.07, 6.45) is 4.14. The SMILES string of the molecule is Cn1cc(NC(=O)[C@@H]2Cc3ccccc3N2)cn1. The first-order chi connectivity index (χ1) is 8.72. The summed E-state index contributed by atoms with van der Waals surface area (Å²) >= 11 is 0. The number of carbonyl (C=O) groups excluding carboxylic acids is 1. The smallest absolute Gasteiger partial charge is 0.247 e. The van der Waals surface area contributed by atoms with Crippen LogP contribution >= 0.6 is 0 Å². The molecule has 0 saturated heterocycles. The molecular weight excluding hydrogens is 228 g/mol. The Labute approximate surface area is 105 Å². The van der Waals surface area contributed by atoms with Crippen LogP contribution in [0, 0.1) is 0 Å². The number of benzene rings is 1. The molecule has 18 heavy (non-hydrogen) atoms. The molecule has 0 bridgehead atoms. The standard InChI is InChI=1S/C13H14N4O/c1-17-8-10(7-14-17)15-13(18)12-6-9-4-2-3-5-11(9)16-12/h2-5,7-8,12,16H,6H2,1H3,(H,15,18)/t12-/m0/s1. The first-order valence-corrected chi connectivity index (χ1v) is 5.86. The summed E-state index contributed by atoms with van der Waals surface area (Å²) in [6.45, 7) is 0. The summed E-state index contributed by atoms with van der Waals surface area (Å²) in [7, 11) is 1.82. The third-order valence-electron chi connectivity index (χ3n) is 3.06. The molecule has 0 spiro atoms. The Hall–Kier alpha value is -2.30. The van der Waals surface area contributed by atoms with Crippen molar-refractivity contribution in [3.63, 3.8) is 0 Å². The van der Waals surface area contributed by atoms with Crippen LogP contribution in [0.25, 0.3) is 0 Å². The van der Waals surface area contributed by atoms with Crippen LogP contribution in [-0.2, 0) is 18.3 Å². The molecule has 1 aromatic heterocycles. The number of carbonyl (C=O) groups is 1. The highest BCUT2D eigenvalue weighted by molar-refractivity contribution is 5.97. The van der Waals surface area contributed by atoms with Crippen LogP contribution in [0.15, 0.2) is 36.7 Å². The van der Waals surface area contributed by atoms with Crippen LogP contribution in [0.2, 0.25) is 0 Å². The van der Waals surface area contributed by atoms with Gasteiger partial charge in [-0.05, 0) is 11.6 Å². The zero-order chi connectivity index (χ0) is 12.5. The molecule has 5 nitrogen and oxygen atoms in total. The van der Waals surface area contributed by atoms with E-state index >= 15 is 0 Å². The van der Waals surface area contributed by atoms with Crippen molar-refractivity contribution in [1.82, 2.24) is 9.78 Å². The number of aromatic nitrogens is 2. The van der Waals surface area contributed by atoms with Gasteiger partial charge in [0.15, 0.2) is 0 Å². The maximum absolute atomic E-state index is 12.1. The third-order valence-corrected chi connectivity index (χ3v) is 3.06. The minimum absolute atomic E-state index is 0.0285. The fourth-order valence-electron chi connectivity index (χ4n) is 2.17. The lowest BCUT2D eigenvalue weighted by Crippen LogP contribution is -2.32. The molecule has 1 aliphatic rings. The quantitative estimate of drug-likeness (QED) is 0.836. The highest BCUT2D eigenvalue weighted by Gasteiger charge is 2.26. The van der Waals surface area contributed by atoms with Gasteiger partial charge in [-0.1, -0.05) is 18.2 Å². The topological polar surface area (TPSA) is 59.0 Å². The summed E-state index contributed by atoms with van der Waals surface area (Å²) in [5.41, 5.74) is 2.95. The van der Waals surface area contributed by atoms with Crippen molar-refractivity contribution < 1.29 is 4.79 Å². The number of nitrogens with zero attached hydrogens (tertiary/aromatic N) is 2. The van der Waals surface area contributed by atoms with Gasteiger partial charge in [0.05, 0.1) is 11.9 Å². The fourth-order valence-corrected chi connectivity index (χ4v) is 2.17. The molecule has 3 rings (SSSR count). The largest absolute Gasteiger partial charge is 0.373 e. The molecule has 0 aliphatic carbocycles. The second kappa shape index (κ2) is 4.18. The molecule has 1 aliphatic heterocycles. The molecule has 1 atom stereocenters. The van der Waals surface area contributed by atoms with E-state index < -0.39 is 0 Å². The Bertz CT molecular complexity index is 565. The Morgan fingerprint density at radius 2 is 2.33 bits per heavy atom.